The van der Waals surface area contributed by atoms with Crippen molar-refractivity contribution in [2.45, 2.75) is 19.6 Å². The number of carbonyl (C=O) groups excluding carboxylic acids is 2. The van der Waals surface area contributed by atoms with Crippen LogP contribution < -0.4 is 5.32 Å². The van der Waals surface area contributed by atoms with E-state index >= 15 is 0 Å². The van der Waals surface area contributed by atoms with Gasteiger partial charge in [-0.3, -0.25) is 9.48 Å². The normalized spacial score (nSPS) is 11.9. The molecule has 3 aromatic rings. The average Bonchev–Trinajstić information content (AvgIpc) is 3.16. The maximum atomic E-state index is 12.2. The standard InChI is InChI=1S/C22H20ClN3O3/c1-16(22(28)25-20-10-6-5-9-19(20)23)29-21(27)12-11-18-13-24-26(15-18)14-17-7-3-2-4-8-17/h2-13,15-16H,14H2,1H3,(H,25,28)/b12-11+/t16-/m0/s1. The third-order valence-corrected chi connectivity index (χ3v) is 4.38. The molecule has 0 unspecified atom stereocenters. The fourth-order valence-corrected chi connectivity index (χ4v) is 2.73. The van der Waals surface area contributed by atoms with E-state index in [2.05, 4.69) is 10.4 Å². The van der Waals surface area contributed by atoms with Gasteiger partial charge in [-0.05, 0) is 30.7 Å². The lowest BCUT2D eigenvalue weighted by atomic mass is 10.2. The summed E-state index contributed by atoms with van der Waals surface area (Å²) in [7, 11) is 0. The lowest BCUT2D eigenvalue weighted by Crippen LogP contribution is -2.29. The first-order chi connectivity index (χ1) is 14.0. The number of rotatable bonds is 7. The molecule has 0 aliphatic heterocycles. The minimum Gasteiger partial charge on any atom is -0.449 e. The summed E-state index contributed by atoms with van der Waals surface area (Å²) in [6, 6.07) is 16.8. The number of esters is 1. The maximum Gasteiger partial charge on any atom is 0.331 e. The van der Waals surface area contributed by atoms with Gasteiger partial charge in [0.2, 0.25) is 0 Å². The summed E-state index contributed by atoms with van der Waals surface area (Å²) in [4.78, 5) is 24.2. The predicted molar refractivity (Wildman–Crippen MR) is 112 cm³/mol. The molecule has 2 aromatic carbocycles. The number of carbonyl (C=O) groups is 2. The van der Waals surface area contributed by atoms with E-state index in [0.29, 0.717) is 17.3 Å². The fourth-order valence-electron chi connectivity index (χ4n) is 2.55. The summed E-state index contributed by atoms with van der Waals surface area (Å²) in [6.45, 7) is 2.13. The molecule has 1 amide bonds. The lowest BCUT2D eigenvalue weighted by molar-refractivity contribution is -0.148. The minimum atomic E-state index is -0.968. The van der Waals surface area contributed by atoms with Crippen molar-refractivity contribution in [2.24, 2.45) is 0 Å². The molecule has 0 bridgehead atoms. The summed E-state index contributed by atoms with van der Waals surface area (Å²) in [5.41, 5.74) is 2.35. The van der Waals surface area contributed by atoms with Gasteiger partial charge >= 0.3 is 5.97 Å². The Morgan fingerprint density at radius 1 is 1.17 bits per heavy atom. The Bertz CT molecular complexity index is 1010. The third-order valence-electron chi connectivity index (χ3n) is 4.05. The van der Waals surface area contributed by atoms with Crippen LogP contribution in [0.25, 0.3) is 6.08 Å². The van der Waals surface area contributed by atoms with Gasteiger partial charge in [-0.25, -0.2) is 4.79 Å². The minimum absolute atomic E-state index is 0.409. The van der Waals surface area contributed by atoms with Crippen LogP contribution in [0.1, 0.15) is 18.1 Å². The topological polar surface area (TPSA) is 73.2 Å². The molecule has 0 saturated carbocycles. The van der Waals surface area contributed by atoms with Crippen molar-refractivity contribution in [1.82, 2.24) is 9.78 Å². The SMILES string of the molecule is C[C@H](OC(=O)/C=C/c1cnn(Cc2ccccc2)c1)C(=O)Nc1ccccc1Cl. The van der Waals surface area contributed by atoms with Crippen LogP contribution in [0, 0.1) is 0 Å². The first-order valence-corrected chi connectivity index (χ1v) is 9.39. The summed E-state index contributed by atoms with van der Waals surface area (Å²) in [5.74, 6) is -1.09. The van der Waals surface area contributed by atoms with Gasteiger partial charge in [-0.15, -0.1) is 0 Å². The number of nitrogens with zero attached hydrogens (tertiary/aromatic N) is 2. The van der Waals surface area contributed by atoms with Gasteiger partial charge in [-0.2, -0.15) is 5.10 Å². The molecule has 0 radical (unpaired) electrons. The Morgan fingerprint density at radius 3 is 2.66 bits per heavy atom. The largest absolute Gasteiger partial charge is 0.449 e. The number of halogens is 1. The number of benzene rings is 2. The second kappa shape index (κ2) is 9.71. The van der Waals surface area contributed by atoms with E-state index in [9.17, 15) is 9.59 Å². The van der Waals surface area contributed by atoms with E-state index in [0.717, 1.165) is 11.1 Å². The molecule has 3 rings (SSSR count). The molecule has 0 spiro atoms. The lowest BCUT2D eigenvalue weighted by Gasteiger charge is -2.13. The van der Waals surface area contributed by atoms with Gasteiger partial charge in [-0.1, -0.05) is 54.1 Å². The van der Waals surface area contributed by atoms with Gasteiger partial charge in [0.1, 0.15) is 0 Å². The third kappa shape index (κ3) is 6.05. The van der Waals surface area contributed by atoms with Crippen LogP contribution in [-0.2, 0) is 20.9 Å². The van der Waals surface area contributed by atoms with Crippen molar-refractivity contribution >= 4 is 35.2 Å². The van der Waals surface area contributed by atoms with Crippen LogP contribution in [0.2, 0.25) is 5.02 Å². The van der Waals surface area contributed by atoms with Gasteiger partial charge in [0.15, 0.2) is 6.10 Å². The van der Waals surface area contributed by atoms with Crippen molar-refractivity contribution in [1.29, 1.82) is 0 Å². The highest BCUT2D eigenvalue weighted by Crippen LogP contribution is 2.20. The Kier molecular flexibility index (Phi) is 6.81. The molecule has 0 aliphatic carbocycles. The zero-order valence-electron chi connectivity index (χ0n) is 15.8. The summed E-state index contributed by atoms with van der Waals surface area (Å²) < 4.78 is 6.92. The molecule has 1 heterocycles. The number of aromatic nitrogens is 2. The number of ether oxygens (including phenoxy) is 1. The van der Waals surface area contributed by atoms with Crippen molar-refractivity contribution in [2.75, 3.05) is 5.32 Å². The van der Waals surface area contributed by atoms with Crippen LogP contribution in [0.3, 0.4) is 0 Å². The predicted octanol–water partition coefficient (Wildman–Crippen LogP) is 4.17. The Balaban J connectivity index is 1.51. The monoisotopic (exact) mass is 409 g/mol. The molecule has 6 nitrogen and oxygen atoms in total. The highest BCUT2D eigenvalue weighted by Gasteiger charge is 2.17. The van der Waals surface area contributed by atoms with Crippen LogP contribution in [-0.4, -0.2) is 27.8 Å². The second-order valence-corrected chi connectivity index (χ2v) is 6.75. The van der Waals surface area contributed by atoms with Crippen molar-refractivity contribution in [3.8, 4) is 0 Å². The summed E-state index contributed by atoms with van der Waals surface area (Å²) in [6.07, 6.45) is 5.37. The number of hydrogen-bond donors (Lipinski definition) is 1. The van der Waals surface area contributed by atoms with Crippen LogP contribution in [0.5, 0.6) is 0 Å². The molecule has 1 aromatic heterocycles. The van der Waals surface area contributed by atoms with Crippen LogP contribution in [0.4, 0.5) is 5.69 Å². The molecular weight excluding hydrogens is 390 g/mol. The number of para-hydroxylation sites is 1. The van der Waals surface area contributed by atoms with Gasteiger partial charge in [0.05, 0.1) is 23.5 Å². The van der Waals surface area contributed by atoms with E-state index in [1.807, 2.05) is 36.5 Å². The maximum absolute atomic E-state index is 12.2. The van der Waals surface area contributed by atoms with Crippen molar-refractivity contribution in [3.63, 3.8) is 0 Å². The fraction of sp³-hybridized carbons (Fsp3) is 0.136. The van der Waals surface area contributed by atoms with Crippen LogP contribution in [0.15, 0.2) is 73.1 Å². The molecule has 0 aliphatic rings. The van der Waals surface area contributed by atoms with Gasteiger partial charge in [0.25, 0.3) is 5.91 Å². The highest BCUT2D eigenvalue weighted by atomic mass is 35.5. The van der Waals surface area contributed by atoms with E-state index < -0.39 is 18.0 Å². The molecule has 0 saturated heterocycles. The highest BCUT2D eigenvalue weighted by molar-refractivity contribution is 6.33. The quantitative estimate of drug-likeness (QED) is 0.469. The first kappa shape index (κ1) is 20.4. The van der Waals surface area contributed by atoms with E-state index in [1.165, 1.54) is 13.0 Å². The van der Waals surface area contributed by atoms with E-state index in [1.54, 1.807) is 41.2 Å². The molecule has 1 atom stereocenters. The molecule has 7 heteroatoms. The van der Waals surface area contributed by atoms with Gasteiger partial charge in [0, 0.05) is 17.8 Å². The zero-order chi connectivity index (χ0) is 20.6. The molecular formula is C22H20ClN3O3. The number of nitrogens with one attached hydrogen (secondary N) is 1. The summed E-state index contributed by atoms with van der Waals surface area (Å²) in [5, 5.41) is 7.31. The first-order valence-electron chi connectivity index (χ1n) is 9.02. The van der Waals surface area contributed by atoms with Crippen molar-refractivity contribution in [3.05, 3.63) is 89.2 Å². The zero-order valence-corrected chi connectivity index (χ0v) is 16.5. The Morgan fingerprint density at radius 2 is 1.90 bits per heavy atom. The Hall–Kier alpha value is -3.38. The number of anilines is 1. The summed E-state index contributed by atoms with van der Waals surface area (Å²) >= 11 is 6.01. The Labute approximate surface area is 173 Å². The molecule has 1 N–H and O–H groups in total. The number of amides is 1. The molecule has 29 heavy (non-hydrogen) atoms. The smallest absolute Gasteiger partial charge is 0.331 e. The number of hydrogen-bond acceptors (Lipinski definition) is 4. The van der Waals surface area contributed by atoms with E-state index in [-0.39, 0.29) is 0 Å². The second-order valence-electron chi connectivity index (χ2n) is 6.34. The molecule has 148 valence electrons. The van der Waals surface area contributed by atoms with Crippen LogP contribution >= 0.6 is 11.6 Å². The van der Waals surface area contributed by atoms with Crippen molar-refractivity contribution < 1.29 is 14.3 Å². The van der Waals surface area contributed by atoms with E-state index in [4.69, 9.17) is 16.3 Å². The average molecular weight is 410 g/mol. The molecule has 0 fully saturated rings. The van der Waals surface area contributed by atoms with Gasteiger partial charge < -0.3 is 10.1 Å².